The van der Waals surface area contributed by atoms with Crippen LogP contribution >= 0.6 is 0 Å². The normalized spacial score (nSPS) is 10.8. The van der Waals surface area contributed by atoms with Gasteiger partial charge in [-0.2, -0.15) is 0 Å². The average molecular weight is 358 g/mol. The number of fused-ring (bicyclic) bond motifs is 1. The summed E-state index contributed by atoms with van der Waals surface area (Å²) in [7, 11) is 0. The molecule has 0 spiro atoms. The van der Waals surface area contributed by atoms with Gasteiger partial charge in [-0.05, 0) is 41.0 Å². The highest BCUT2D eigenvalue weighted by Crippen LogP contribution is 2.30. The first-order valence-corrected chi connectivity index (χ1v) is 8.62. The molecule has 27 heavy (non-hydrogen) atoms. The molecule has 0 unspecified atom stereocenters. The number of nitrogens with zero attached hydrogens (tertiary/aromatic N) is 2. The summed E-state index contributed by atoms with van der Waals surface area (Å²) in [5.41, 5.74) is 4.43. The van der Waals surface area contributed by atoms with Gasteiger partial charge in [0.15, 0.2) is 0 Å². The highest BCUT2D eigenvalue weighted by Gasteiger charge is 2.10. The number of aliphatic carboxylic acids is 1. The van der Waals surface area contributed by atoms with E-state index in [9.17, 15) is 4.79 Å². The van der Waals surface area contributed by atoms with Crippen molar-refractivity contribution < 1.29 is 9.90 Å². The van der Waals surface area contributed by atoms with Crippen LogP contribution in [0.25, 0.3) is 22.2 Å². The minimum absolute atomic E-state index is 0.0000128. The zero-order valence-corrected chi connectivity index (χ0v) is 14.5. The highest BCUT2D eigenvalue weighted by atomic mass is 16.4. The molecule has 0 atom stereocenters. The van der Waals surface area contributed by atoms with E-state index in [1.807, 2.05) is 60.8 Å². The Morgan fingerprint density at radius 3 is 2.85 bits per heavy atom. The third-order valence-electron chi connectivity index (χ3n) is 4.30. The second kappa shape index (κ2) is 7.29. The van der Waals surface area contributed by atoms with E-state index in [1.54, 1.807) is 6.20 Å². The van der Waals surface area contributed by atoms with Gasteiger partial charge in [0.2, 0.25) is 0 Å². The molecule has 134 valence electrons. The lowest BCUT2D eigenvalue weighted by molar-refractivity contribution is -0.136. The van der Waals surface area contributed by atoms with Crippen LogP contribution in [-0.2, 0) is 17.8 Å². The van der Waals surface area contributed by atoms with Gasteiger partial charge in [0.1, 0.15) is 11.5 Å². The number of hydrogen-bond acceptors (Lipinski definition) is 4. The number of pyridine rings is 2. The summed E-state index contributed by atoms with van der Waals surface area (Å²) in [4.78, 5) is 23.1. The number of aromatic amines is 1. The molecule has 6 nitrogen and oxygen atoms in total. The smallest absolute Gasteiger partial charge is 0.307 e. The third kappa shape index (κ3) is 3.79. The van der Waals surface area contributed by atoms with Crippen molar-refractivity contribution in [2.45, 2.75) is 13.0 Å². The topological polar surface area (TPSA) is 90.9 Å². The van der Waals surface area contributed by atoms with E-state index in [0.29, 0.717) is 6.54 Å². The fourth-order valence-corrected chi connectivity index (χ4v) is 3.07. The zero-order chi connectivity index (χ0) is 18.6. The van der Waals surface area contributed by atoms with Crippen molar-refractivity contribution in [3.8, 4) is 11.1 Å². The molecule has 0 bridgehead atoms. The molecule has 0 aliphatic carbocycles. The first-order valence-electron chi connectivity index (χ1n) is 8.62. The van der Waals surface area contributed by atoms with Gasteiger partial charge in [0, 0.05) is 17.8 Å². The molecule has 0 aliphatic rings. The van der Waals surface area contributed by atoms with Crippen molar-refractivity contribution in [1.82, 2.24) is 15.0 Å². The predicted octanol–water partition coefficient (Wildman–Crippen LogP) is 3.86. The lowest BCUT2D eigenvalue weighted by Gasteiger charge is -2.10. The van der Waals surface area contributed by atoms with Gasteiger partial charge < -0.3 is 15.4 Å². The van der Waals surface area contributed by atoms with Crippen LogP contribution in [0.15, 0.2) is 67.0 Å². The van der Waals surface area contributed by atoms with Crippen LogP contribution in [0.2, 0.25) is 0 Å². The van der Waals surface area contributed by atoms with Crippen LogP contribution in [0.4, 0.5) is 5.82 Å². The maximum absolute atomic E-state index is 11.0. The van der Waals surface area contributed by atoms with Crippen molar-refractivity contribution >= 4 is 22.8 Å². The standard InChI is InChI=1S/C21H18N4O2/c26-20(27)11-14-4-3-5-15(10-14)18-12-19(25-21-17(18)7-9-23-21)24-13-16-6-1-2-8-22-16/h1-10,12H,11,13H2,(H,26,27)(H2,23,24,25). The van der Waals surface area contributed by atoms with Gasteiger partial charge in [0.05, 0.1) is 18.7 Å². The van der Waals surface area contributed by atoms with Gasteiger partial charge in [0.25, 0.3) is 0 Å². The molecular weight excluding hydrogens is 340 g/mol. The second-order valence-electron chi connectivity index (χ2n) is 6.24. The fraction of sp³-hybridized carbons (Fsp3) is 0.0952. The molecule has 3 aromatic heterocycles. The lowest BCUT2D eigenvalue weighted by atomic mass is 10.00. The van der Waals surface area contributed by atoms with E-state index < -0.39 is 5.97 Å². The molecular formula is C21H18N4O2. The van der Waals surface area contributed by atoms with Crippen molar-refractivity contribution in [1.29, 1.82) is 0 Å². The van der Waals surface area contributed by atoms with Gasteiger partial charge in [-0.25, -0.2) is 4.98 Å². The summed E-state index contributed by atoms with van der Waals surface area (Å²) < 4.78 is 0. The van der Waals surface area contributed by atoms with Gasteiger partial charge in [-0.3, -0.25) is 9.78 Å². The average Bonchev–Trinajstić information content (AvgIpc) is 3.15. The van der Waals surface area contributed by atoms with E-state index in [0.717, 1.165) is 39.2 Å². The predicted molar refractivity (Wildman–Crippen MR) is 104 cm³/mol. The van der Waals surface area contributed by atoms with E-state index in [4.69, 9.17) is 5.11 Å². The molecule has 0 radical (unpaired) electrons. The molecule has 0 amide bonds. The summed E-state index contributed by atoms with van der Waals surface area (Å²) in [5, 5.41) is 13.4. The summed E-state index contributed by atoms with van der Waals surface area (Å²) in [6.45, 7) is 0.568. The maximum Gasteiger partial charge on any atom is 0.307 e. The van der Waals surface area contributed by atoms with Gasteiger partial charge in [-0.15, -0.1) is 0 Å². The third-order valence-corrected chi connectivity index (χ3v) is 4.30. The van der Waals surface area contributed by atoms with Crippen LogP contribution in [0.5, 0.6) is 0 Å². The van der Waals surface area contributed by atoms with E-state index in [-0.39, 0.29) is 6.42 Å². The lowest BCUT2D eigenvalue weighted by Crippen LogP contribution is -2.03. The van der Waals surface area contributed by atoms with Crippen LogP contribution in [-0.4, -0.2) is 26.0 Å². The Hall–Kier alpha value is -3.67. The Kier molecular flexibility index (Phi) is 4.53. The van der Waals surface area contributed by atoms with E-state index in [1.165, 1.54) is 0 Å². The molecule has 3 N–H and O–H groups in total. The quantitative estimate of drug-likeness (QED) is 0.487. The summed E-state index contributed by atoms with van der Waals surface area (Å²) in [6.07, 6.45) is 3.61. The Labute approximate surface area is 155 Å². The van der Waals surface area contributed by atoms with Gasteiger partial charge in [-0.1, -0.05) is 30.3 Å². The van der Waals surface area contributed by atoms with Crippen molar-refractivity contribution in [2.24, 2.45) is 0 Å². The van der Waals surface area contributed by atoms with Crippen LogP contribution in [0.1, 0.15) is 11.3 Å². The number of carboxylic acids is 1. The molecule has 0 fully saturated rings. The van der Waals surface area contributed by atoms with Crippen LogP contribution < -0.4 is 5.32 Å². The SMILES string of the molecule is O=C(O)Cc1cccc(-c2cc(NCc3ccccn3)nc3[nH]ccc23)c1. The van der Waals surface area contributed by atoms with Crippen LogP contribution in [0, 0.1) is 0 Å². The molecule has 0 aliphatic heterocycles. The highest BCUT2D eigenvalue weighted by molar-refractivity contribution is 5.95. The summed E-state index contributed by atoms with van der Waals surface area (Å²) >= 11 is 0. The van der Waals surface area contributed by atoms with Crippen molar-refractivity contribution in [2.75, 3.05) is 5.32 Å². The first kappa shape index (κ1) is 16.8. The number of aromatic nitrogens is 3. The maximum atomic E-state index is 11.0. The minimum atomic E-state index is -0.841. The Morgan fingerprint density at radius 1 is 1.11 bits per heavy atom. The minimum Gasteiger partial charge on any atom is -0.481 e. The van der Waals surface area contributed by atoms with E-state index >= 15 is 0 Å². The Morgan fingerprint density at radius 2 is 2.04 bits per heavy atom. The monoisotopic (exact) mass is 358 g/mol. The Bertz CT molecular complexity index is 1090. The number of carboxylic acid groups (broad SMARTS) is 1. The summed E-state index contributed by atoms with van der Waals surface area (Å²) in [5.74, 6) is -0.111. The van der Waals surface area contributed by atoms with Crippen molar-refractivity contribution in [3.63, 3.8) is 0 Å². The fourth-order valence-electron chi connectivity index (χ4n) is 3.07. The number of anilines is 1. The molecule has 3 heterocycles. The largest absolute Gasteiger partial charge is 0.481 e. The van der Waals surface area contributed by atoms with E-state index in [2.05, 4.69) is 20.3 Å². The second-order valence-corrected chi connectivity index (χ2v) is 6.24. The summed E-state index contributed by atoms with van der Waals surface area (Å²) in [6, 6.07) is 17.4. The van der Waals surface area contributed by atoms with Crippen LogP contribution in [0.3, 0.4) is 0 Å². The Balaban J connectivity index is 1.70. The molecule has 0 saturated heterocycles. The number of rotatable bonds is 6. The first-order chi connectivity index (χ1) is 13.2. The molecule has 4 aromatic rings. The molecule has 0 saturated carbocycles. The molecule has 6 heteroatoms. The number of hydrogen-bond donors (Lipinski definition) is 3. The number of benzene rings is 1. The molecule has 1 aromatic carbocycles. The number of H-pyrrole nitrogens is 1. The number of nitrogens with one attached hydrogen (secondary N) is 2. The molecule has 4 rings (SSSR count). The van der Waals surface area contributed by atoms with Crippen molar-refractivity contribution in [3.05, 3.63) is 78.2 Å². The number of carbonyl (C=O) groups is 1. The zero-order valence-electron chi connectivity index (χ0n) is 14.5. The van der Waals surface area contributed by atoms with Gasteiger partial charge >= 0.3 is 5.97 Å².